The highest BCUT2D eigenvalue weighted by Crippen LogP contribution is 2.33. The number of hydrogen-bond donors (Lipinski definition) is 1. The van der Waals surface area contributed by atoms with E-state index in [2.05, 4.69) is 38.4 Å². The molecule has 3 rings (SSSR count). The van der Waals surface area contributed by atoms with Crippen LogP contribution >= 0.6 is 22.6 Å². The van der Waals surface area contributed by atoms with Gasteiger partial charge in [0.05, 0.1) is 26.6 Å². The topological polar surface area (TPSA) is 77.5 Å². The van der Waals surface area contributed by atoms with Gasteiger partial charge in [-0.2, -0.15) is 0 Å². The van der Waals surface area contributed by atoms with Gasteiger partial charge in [0, 0.05) is 15.3 Å². The van der Waals surface area contributed by atoms with E-state index in [1.807, 2.05) is 6.07 Å². The predicted octanol–water partition coefficient (Wildman–Crippen LogP) is 2.76. The summed E-state index contributed by atoms with van der Waals surface area (Å²) >= 11 is 2.29. The van der Waals surface area contributed by atoms with E-state index < -0.39 is 10.0 Å². The van der Waals surface area contributed by atoms with Gasteiger partial charge in [-0.1, -0.05) is 0 Å². The number of nitrogens with one attached hydrogen (secondary N) is 1. The number of nitrogens with zero attached hydrogens (tertiary/aromatic N) is 1. The molecule has 23 heavy (non-hydrogen) atoms. The summed E-state index contributed by atoms with van der Waals surface area (Å²) in [5.74, 6) is 0.235. The highest BCUT2D eigenvalue weighted by Gasteiger charge is 2.17. The lowest BCUT2D eigenvalue weighted by Gasteiger charge is -2.12. The maximum absolute atomic E-state index is 11.5. The molecule has 8 heteroatoms. The van der Waals surface area contributed by atoms with Gasteiger partial charge in [0.1, 0.15) is 5.69 Å². The van der Waals surface area contributed by atoms with Crippen LogP contribution in [0, 0.1) is 3.57 Å². The molecule has 0 bridgehead atoms. The minimum Gasteiger partial charge on any atom is -0.480 e. The van der Waals surface area contributed by atoms with E-state index in [0.717, 1.165) is 26.5 Å². The summed E-state index contributed by atoms with van der Waals surface area (Å²) in [6.45, 7) is 1.23. The predicted molar refractivity (Wildman–Crippen MR) is 95.9 cm³/mol. The van der Waals surface area contributed by atoms with E-state index in [-0.39, 0.29) is 5.88 Å². The molecule has 6 nitrogen and oxygen atoms in total. The summed E-state index contributed by atoms with van der Waals surface area (Å²) in [4.78, 5) is 4.20. The molecule has 0 saturated heterocycles. The van der Waals surface area contributed by atoms with Crippen molar-refractivity contribution in [2.24, 2.45) is 0 Å². The lowest BCUT2D eigenvalue weighted by atomic mass is 10.0. The number of aromatic nitrogens is 1. The number of sulfonamides is 1. The minimum absolute atomic E-state index is 0.235. The second-order valence-corrected chi connectivity index (χ2v) is 8.15. The van der Waals surface area contributed by atoms with Crippen LogP contribution in [0.4, 0.5) is 5.69 Å². The van der Waals surface area contributed by atoms with E-state index in [1.165, 1.54) is 12.7 Å². The highest BCUT2D eigenvalue weighted by atomic mass is 127. The molecule has 0 saturated carbocycles. The molecule has 1 N–H and O–H groups in total. The Kier molecular flexibility index (Phi) is 4.47. The van der Waals surface area contributed by atoms with Gasteiger partial charge in [-0.3, -0.25) is 4.72 Å². The van der Waals surface area contributed by atoms with Crippen molar-refractivity contribution in [1.29, 1.82) is 0 Å². The Morgan fingerprint density at radius 1 is 1.26 bits per heavy atom. The van der Waals surface area contributed by atoms with Crippen molar-refractivity contribution in [3.05, 3.63) is 39.1 Å². The van der Waals surface area contributed by atoms with Crippen molar-refractivity contribution >= 4 is 38.3 Å². The average molecular weight is 446 g/mol. The molecule has 2 heterocycles. The summed E-state index contributed by atoms with van der Waals surface area (Å²) in [6.07, 6.45) is 2.76. The third kappa shape index (κ3) is 3.59. The van der Waals surface area contributed by atoms with Crippen LogP contribution in [0.5, 0.6) is 5.88 Å². The van der Waals surface area contributed by atoms with Crippen LogP contribution in [-0.2, 0) is 28.0 Å². The molecule has 1 aromatic heterocycles. The van der Waals surface area contributed by atoms with Crippen molar-refractivity contribution in [2.45, 2.75) is 13.2 Å². The van der Waals surface area contributed by atoms with Crippen LogP contribution in [0.15, 0.2) is 24.4 Å². The van der Waals surface area contributed by atoms with Gasteiger partial charge in [-0.05, 0) is 57.5 Å². The molecule has 122 valence electrons. The first-order chi connectivity index (χ1) is 10.9. The molecule has 1 aliphatic rings. The zero-order chi connectivity index (χ0) is 16.6. The summed E-state index contributed by atoms with van der Waals surface area (Å²) in [5, 5.41) is 0. The van der Waals surface area contributed by atoms with Gasteiger partial charge < -0.3 is 9.47 Å². The molecular weight excluding hydrogens is 431 g/mol. The number of methoxy groups -OCH3 is 1. The normalized spacial score (nSPS) is 13.7. The number of hydrogen-bond acceptors (Lipinski definition) is 5. The minimum atomic E-state index is -3.42. The molecule has 0 aliphatic carbocycles. The fourth-order valence-electron chi connectivity index (χ4n) is 2.46. The lowest BCUT2D eigenvalue weighted by molar-refractivity contribution is 0.134. The van der Waals surface area contributed by atoms with E-state index in [9.17, 15) is 8.42 Å². The smallest absolute Gasteiger partial charge is 0.238 e. The zero-order valence-corrected chi connectivity index (χ0v) is 15.6. The Labute approximate surface area is 148 Å². The fourth-order valence-corrected chi connectivity index (χ4v) is 3.84. The molecule has 0 unspecified atom stereocenters. The third-order valence-electron chi connectivity index (χ3n) is 3.47. The summed E-state index contributed by atoms with van der Waals surface area (Å²) in [6, 6.07) is 5.82. The van der Waals surface area contributed by atoms with Crippen LogP contribution < -0.4 is 9.46 Å². The van der Waals surface area contributed by atoms with Gasteiger partial charge in [-0.15, -0.1) is 0 Å². The number of pyridine rings is 1. The maximum Gasteiger partial charge on any atom is 0.238 e. The van der Waals surface area contributed by atoms with Crippen molar-refractivity contribution in [1.82, 2.24) is 4.98 Å². The largest absolute Gasteiger partial charge is 0.480 e. The summed E-state index contributed by atoms with van der Waals surface area (Å²) in [5.41, 5.74) is 4.46. The standard InChI is InChI=1S/C15H15IN2O4S/c1-21-15-14(18-23(2,19)20)5-10(6-17-15)9-3-11-7-22-8-12(11)13(16)4-9/h3-6,18H,7-8H2,1-2H3. The lowest BCUT2D eigenvalue weighted by Crippen LogP contribution is -2.11. The van der Waals surface area contributed by atoms with Gasteiger partial charge in [0.15, 0.2) is 0 Å². The molecule has 2 aromatic rings. The second-order valence-electron chi connectivity index (χ2n) is 5.24. The number of benzene rings is 1. The van der Waals surface area contributed by atoms with E-state index in [0.29, 0.717) is 18.9 Å². The molecule has 1 aliphatic heterocycles. The Hall–Kier alpha value is -1.39. The van der Waals surface area contributed by atoms with E-state index >= 15 is 0 Å². The van der Waals surface area contributed by atoms with E-state index in [1.54, 1.807) is 12.3 Å². The highest BCUT2D eigenvalue weighted by molar-refractivity contribution is 14.1. The number of ether oxygens (including phenoxy) is 2. The van der Waals surface area contributed by atoms with Crippen LogP contribution in [0.25, 0.3) is 11.1 Å². The Bertz CT molecular complexity index is 868. The monoisotopic (exact) mass is 446 g/mol. The van der Waals surface area contributed by atoms with Crippen molar-refractivity contribution < 1.29 is 17.9 Å². The molecule has 0 amide bonds. The summed E-state index contributed by atoms with van der Waals surface area (Å²) in [7, 11) is -1.97. The average Bonchev–Trinajstić information content (AvgIpc) is 2.94. The van der Waals surface area contributed by atoms with E-state index in [4.69, 9.17) is 9.47 Å². The van der Waals surface area contributed by atoms with Crippen LogP contribution in [0.3, 0.4) is 0 Å². The van der Waals surface area contributed by atoms with Gasteiger partial charge in [0.25, 0.3) is 0 Å². The Morgan fingerprint density at radius 2 is 2.04 bits per heavy atom. The maximum atomic E-state index is 11.5. The molecule has 0 atom stereocenters. The number of anilines is 1. The number of rotatable bonds is 4. The Balaban J connectivity index is 2.07. The van der Waals surface area contributed by atoms with Crippen molar-refractivity contribution in [2.75, 3.05) is 18.1 Å². The summed E-state index contributed by atoms with van der Waals surface area (Å²) < 4.78 is 37.2. The quantitative estimate of drug-likeness (QED) is 0.732. The molecule has 1 aromatic carbocycles. The van der Waals surface area contributed by atoms with Gasteiger partial charge >= 0.3 is 0 Å². The number of halogens is 1. The molecule has 0 spiro atoms. The molecular formula is C15H15IN2O4S. The third-order valence-corrected chi connectivity index (χ3v) is 5.02. The van der Waals surface area contributed by atoms with Gasteiger partial charge in [-0.25, -0.2) is 13.4 Å². The van der Waals surface area contributed by atoms with Crippen LogP contribution in [0.1, 0.15) is 11.1 Å². The Morgan fingerprint density at radius 3 is 2.74 bits per heavy atom. The van der Waals surface area contributed by atoms with Crippen LogP contribution in [-0.4, -0.2) is 26.8 Å². The van der Waals surface area contributed by atoms with Gasteiger partial charge in [0.2, 0.25) is 15.9 Å². The fraction of sp³-hybridized carbons (Fsp3) is 0.267. The number of fused-ring (bicyclic) bond motifs is 1. The first-order valence-corrected chi connectivity index (χ1v) is 9.75. The van der Waals surface area contributed by atoms with Crippen LogP contribution in [0.2, 0.25) is 0 Å². The SMILES string of the molecule is COc1ncc(-c2cc(I)c3c(c2)COC3)cc1NS(C)(=O)=O. The van der Waals surface area contributed by atoms with Crippen molar-refractivity contribution in [3.63, 3.8) is 0 Å². The van der Waals surface area contributed by atoms with Crippen molar-refractivity contribution in [3.8, 4) is 17.0 Å². The second kappa shape index (κ2) is 6.25. The first kappa shape index (κ1) is 16.5. The first-order valence-electron chi connectivity index (χ1n) is 6.78. The molecule has 0 fully saturated rings. The molecule has 0 radical (unpaired) electrons. The zero-order valence-electron chi connectivity index (χ0n) is 12.6.